The van der Waals surface area contributed by atoms with E-state index in [0.29, 0.717) is 23.2 Å². The third-order valence-corrected chi connectivity index (χ3v) is 3.30. The van der Waals surface area contributed by atoms with Gasteiger partial charge in [0.25, 0.3) is 0 Å². The van der Waals surface area contributed by atoms with Gasteiger partial charge in [0.15, 0.2) is 0 Å². The van der Waals surface area contributed by atoms with E-state index in [-0.39, 0.29) is 5.97 Å². The number of carbonyl (C=O) groups is 1. The van der Waals surface area contributed by atoms with Crippen LogP contribution in [0.1, 0.15) is 37.6 Å². The van der Waals surface area contributed by atoms with Gasteiger partial charge in [0.2, 0.25) is 0 Å². The molecule has 19 heavy (non-hydrogen) atoms. The number of benzene rings is 1. The molecule has 0 aromatic heterocycles. The summed E-state index contributed by atoms with van der Waals surface area (Å²) < 4.78 is 4.68. The monoisotopic (exact) mass is 264 g/mol. The normalized spacial score (nSPS) is 12.3. The fourth-order valence-electron chi connectivity index (χ4n) is 2.20. The first kappa shape index (κ1) is 15.3. The average Bonchev–Trinajstić information content (AvgIpc) is 2.36. The molecule has 1 aromatic rings. The molecule has 2 N–H and O–H groups in total. The zero-order valence-electron chi connectivity index (χ0n) is 12.4. The summed E-state index contributed by atoms with van der Waals surface area (Å²) in [6.45, 7) is 6.58. The number of rotatable bonds is 5. The zero-order valence-corrected chi connectivity index (χ0v) is 12.4. The first-order chi connectivity index (χ1) is 8.86. The highest BCUT2D eigenvalue weighted by Gasteiger charge is 2.15. The summed E-state index contributed by atoms with van der Waals surface area (Å²) >= 11 is 0. The summed E-state index contributed by atoms with van der Waals surface area (Å²) in [6.07, 6.45) is 1.09. The van der Waals surface area contributed by atoms with Crippen molar-refractivity contribution in [3.8, 4) is 0 Å². The van der Waals surface area contributed by atoms with Gasteiger partial charge < -0.3 is 15.4 Å². The molecule has 1 atom stereocenters. The first-order valence-corrected chi connectivity index (χ1v) is 6.57. The Morgan fingerprint density at radius 2 is 2.00 bits per heavy atom. The van der Waals surface area contributed by atoms with Gasteiger partial charge in [0.1, 0.15) is 0 Å². The van der Waals surface area contributed by atoms with Gasteiger partial charge in [0, 0.05) is 13.1 Å². The summed E-state index contributed by atoms with van der Waals surface area (Å²) in [5.41, 5.74) is 8.06. The molecule has 4 heteroatoms. The van der Waals surface area contributed by atoms with Gasteiger partial charge in [0.05, 0.1) is 24.0 Å². The number of carbonyl (C=O) groups excluding carboxylic acids is 1. The number of methoxy groups -OCH3 is 1. The van der Waals surface area contributed by atoms with Crippen molar-refractivity contribution in [2.75, 3.05) is 24.8 Å². The van der Waals surface area contributed by atoms with Gasteiger partial charge in [-0.1, -0.05) is 13.8 Å². The lowest BCUT2D eigenvalue weighted by Crippen LogP contribution is -2.30. The van der Waals surface area contributed by atoms with E-state index >= 15 is 0 Å². The van der Waals surface area contributed by atoms with Gasteiger partial charge >= 0.3 is 5.97 Å². The number of ether oxygens (including phenoxy) is 1. The maximum absolute atomic E-state index is 11.4. The van der Waals surface area contributed by atoms with E-state index in [1.54, 1.807) is 12.1 Å². The second-order valence-corrected chi connectivity index (χ2v) is 5.35. The van der Waals surface area contributed by atoms with Crippen molar-refractivity contribution in [1.29, 1.82) is 0 Å². The summed E-state index contributed by atoms with van der Waals surface area (Å²) in [5.74, 6) is 0.268. The fourth-order valence-corrected chi connectivity index (χ4v) is 2.20. The van der Waals surface area contributed by atoms with Crippen molar-refractivity contribution < 1.29 is 9.53 Å². The van der Waals surface area contributed by atoms with Crippen LogP contribution < -0.4 is 10.6 Å². The Hall–Kier alpha value is -1.71. The Labute approximate surface area is 115 Å². The maximum Gasteiger partial charge on any atom is 0.337 e. The largest absolute Gasteiger partial charge is 0.465 e. The number of hydrogen-bond donors (Lipinski definition) is 1. The lowest BCUT2D eigenvalue weighted by atomic mass is 10.0. The van der Waals surface area contributed by atoms with Crippen molar-refractivity contribution in [3.63, 3.8) is 0 Å². The molecule has 0 aliphatic carbocycles. The van der Waals surface area contributed by atoms with E-state index < -0.39 is 0 Å². The molecule has 0 spiro atoms. The molecule has 1 rings (SSSR count). The Kier molecular flexibility index (Phi) is 5.21. The predicted molar refractivity (Wildman–Crippen MR) is 79.5 cm³/mol. The molecule has 0 fully saturated rings. The van der Waals surface area contributed by atoms with Crippen molar-refractivity contribution in [1.82, 2.24) is 0 Å². The van der Waals surface area contributed by atoms with Gasteiger partial charge in [-0.05, 0) is 37.5 Å². The van der Waals surface area contributed by atoms with E-state index in [2.05, 4.69) is 30.4 Å². The van der Waals surface area contributed by atoms with Crippen molar-refractivity contribution in [2.24, 2.45) is 5.92 Å². The molecule has 1 aromatic carbocycles. The zero-order chi connectivity index (χ0) is 14.6. The number of nitrogens with two attached hydrogens (primary N) is 1. The highest BCUT2D eigenvalue weighted by Crippen LogP contribution is 2.26. The predicted octanol–water partition coefficient (Wildman–Crippen LogP) is 2.93. The average molecular weight is 264 g/mol. The SMILES string of the molecule is COC(=O)c1ccc(N(C)C(C)CC(C)C)c(N)c1. The van der Waals surface area contributed by atoms with Crippen molar-refractivity contribution >= 4 is 17.3 Å². The Bertz CT molecular complexity index is 444. The lowest BCUT2D eigenvalue weighted by molar-refractivity contribution is 0.0601. The highest BCUT2D eigenvalue weighted by molar-refractivity contribution is 5.91. The number of anilines is 2. The van der Waals surface area contributed by atoms with Crippen LogP contribution in [-0.2, 0) is 4.74 Å². The molecule has 106 valence electrons. The van der Waals surface area contributed by atoms with Gasteiger partial charge in [-0.3, -0.25) is 0 Å². The van der Waals surface area contributed by atoms with Crippen LogP contribution in [0.3, 0.4) is 0 Å². The molecule has 0 radical (unpaired) electrons. The highest BCUT2D eigenvalue weighted by atomic mass is 16.5. The Balaban J connectivity index is 2.92. The molecule has 0 saturated carbocycles. The fraction of sp³-hybridized carbons (Fsp3) is 0.533. The molecular formula is C15H24N2O2. The molecule has 0 aliphatic rings. The number of esters is 1. The molecule has 0 saturated heterocycles. The quantitative estimate of drug-likeness (QED) is 0.656. The van der Waals surface area contributed by atoms with Crippen LogP contribution >= 0.6 is 0 Å². The van der Waals surface area contributed by atoms with Crippen LogP contribution in [0.4, 0.5) is 11.4 Å². The summed E-state index contributed by atoms with van der Waals surface area (Å²) in [4.78, 5) is 13.6. The standard InChI is InChI=1S/C15H24N2O2/c1-10(2)8-11(3)17(4)14-7-6-12(9-13(14)16)15(18)19-5/h6-7,9-11H,8,16H2,1-5H3. The van der Waals surface area contributed by atoms with Crippen LogP contribution in [-0.4, -0.2) is 26.2 Å². The molecule has 4 nitrogen and oxygen atoms in total. The topological polar surface area (TPSA) is 55.6 Å². The third kappa shape index (κ3) is 3.88. The van der Waals surface area contributed by atoms with Crippen LogP contribution in [0, 0.1) is 5.92 Å². The number of hydrogen-bond acceptors (Lipinski definition) is 4. The van der Waals surface area contributed by atoms with Crippen molar-refractivity contribution in [3.05, 3.63) is 23.8 Å². The number of nitrogen functional groups attached to an aromatic ring is 1. The third-order valence-electron chi connectivity index (χ3n) is 3.30. The molecular weight excluding hydrogens is 240 g/mol. The lowest BCUT2D eigenvalue weighted by Gasteiger charge is -2.29. The second-order valence-electron chi connectivity index (χ2n) is 5.35. The Morgan fingerprint density at radius 3 is 2.47 bits per heavy atom. The minimum Gasteiger partial charge on any atom is -0.465 e. The molecule has 0 bridgehead atoms. The maximum atomic E-state index is 11.4. The smallest absolute Gasteiger partial charge is 0.337 e. The summed E-state index contributed by atoms with van der Waals surface area (Å²) in [7, 11) is 3.39. The minimum absolute atomic E-state index is 0.365. The van der Waals surface area contributed by atoms with Crippen molar-refractivity contribution in [2.45, 2.75) is 33.2 Å². The van der Waals surface area contributed by atoms with Crippen LogP contribution in [0.5, 0.6) is 0 Å². The molecule has 0 aliphatic heterocycles. The van der Waals surface area contributed by atoms with Gasteiger partial charge in [-0.15, -0.1) is 0 Å². The second kappa shape index (κ2) is 6.45. The van der Waals surface area contributed by atoms with Crippen LogP contribution in [0.15, 0.2) is 18.2 Å². The van der Waals surface area contributed by atoms with Gasteiger partial charge in [-0.25, -0.2) is 4.79 Å². The van der Waals surface area contributed by atoms with Crippen LogP contribution in [0.25, 0.3) is 0 Å². The van der Waals surface area contributed by atoms with E-state index in [9.17, 15) is 4.79 Å². The van der Waals surface area contributed by atoms with E-state index in [1.807, 2.05) is 13.1 Å². The van der Waals surface area contributed by atoms with E-state index in [0.717, 1.165) is 12.1 Å². The van der Waals surface area contributed by atoms with Gasteiger partial charge in [-0.2, -0.15) is 0 Å². The number of nitrogens with zero attached hydrogens (tertiary/aromatic N) is 1. The summed E-state index contributed by atoms with van der Waals surface area (Å²) in [6, 6.07) is 5.68. The molecule has 0 amide bonds. The van der Waals surface area contributed by atoms with E-state index in [1.165, 1.54) is 7.11 Å². The Morgan fingerprint density at radius 1 is 1.37 bits per heavy atom. The van der Waals surface area contributed by atoms with Crippen LogP contribution in [0.2, 0.25) is 0 Å². The van der Waals surface area contributed by atoms with E-state index in [4.69, 9.17) is 5.73 Å². The minimum atomic E-state index is -0.365. The first-order valence-electron chi connectivity index (χ1n) is 6.57. The molecule has 1 unspecified atom stereocenters. The summed E-state index contributed by atoms with van der Waals surface area (Å²) in [5, 5.41) is 0. The molecule has 0 heterocycles.